The first-order chi connectivity index (χ1) is 23.1. The molecule has 254 valence electrons. The number of unbranched alkanes of at least 4 members (excludes halogenated alkanes) is 5. The quantitative estimate of drug-likeness (QED) is 0.212. The van der Waals surface area contributed by atoms with Crippen LogP contribution in [0.25, 0.3) is 0 Å². The van der Waals surface area contributed by atoms with Gasteiger partial charge in [-0.25, -0.2) is 9.59 Å². The third-order valence-electron chi connectivity index (χ3n) is 7.80. The minimum atomic E-state index is -1.12. The number of hydrogen-bond donors (Lipinski definition) is 2. The van der Waals surface area contributed by atoms with E-state index in [0.29, 0.717) is 33.8 Å². The summed E-state index contributed by atoms with van der Waals surface area (Å²) in [7, 11) is 0. The van der Waals surface area contributed by atoms with Gasteiger partial charge in [-0.15, -0.1) is 0 Å². The lowest BCUT2D eigenvalue weighted by atomic mass is 10.1. The van der Waals surface area contributed by atoms with E-state index < -0.39 is 59.7 Å². The van der Waals surface area contributed by atoms with Gasteiger partial charge in [0.15, 0.2) is 0 Å². The van der Waals surface area contributed by atoms with Crippen LogP contribution in [0, 0.1) is 0 Å². The van der Waals surface area contributed by atoms with Crippen LogP contribution in [0.4, 0.5) is 9.59 Å². The van der Waals surface area contributed by atoms with Crippen molar-refractivity contribution in [3.8, 4) is 0 Å². The molecule has 4 rings (SSSR count). The fourth-order valence-electron chi connectivity index (χ4n) is 5.25. The number of imide groups is 6. The average molecular weight is 663 g/mol. The summed E-state index contributed by atoms with van der Waals surface area (Å²) in [5, 5.41) is 5.04. The van der Waals surface area contributed by atoms with Gasteiger partial charge in [-0.05, 0) is 24.0 Å². The maximum absolute atomic E-state index is 12.6. The zero-order valence-corrected chi connectivity index (χ0v) is 26.4. The number of hydrogen-bond acceptors (Lipinski definition) is 10. The normalized spacial score (nSPS) is 17.4. The summed E-state index contributed by atoms with van der Waals surface area (Å²) in [6, 6.07) is 15.4. The first-order valence-electron chi connectivity index (χ1n) is 15.9. The molecule has 2 fully saturated rings. The molecule has 0 spiro atoms. The maximum Gasteiger partial charge on any atom is 0.423 e. The third-order valence-corrected chi connectivity index (χ3v) is 7.80. The number of nitrogens with zero attached hydrogens (tertiary/aromatic N) is 2. The second-order valence-corrected chi connectivity index (χ2v) is 11.5. The van der Waals surface area contributed by atoms with E-state index in [1.807, 2.05) is 0 Å². The van der Waals surface area contributed by atoms with Crippen molar-refractivity contribution in [1.82, 2.24) is 20.4 Å². The van der Waals surface area contributed by atoms with Crippen molar-refractivity contribution in [3.05, 3.63) is 71.8 Å². The van der Waals surface area contributed by atoms with Gasteiger partial charge < -0.3 is 20.1 Å². The number of carbonyl (C=O) groups is 8. The van der Waals surface area contributed by atoms with Crippen molar-refractivity contribution in [2.24, 2.45) is 0 Å². The summed E-state index contributed by atoms with van der Waals surface area (Å²) in [4.78, 5) is 99.8. The Hall–Kier alpha value is -5.40. The Bertz CT molecular complexity index is 1400. The molecule has 2 saturated heterocycles. The largest absolute Gasteiger partial charge is 0.444 e. The molecule has 2 aromatic rings. The monoisotopic (exact) mass is 662 g/mol. The Kier molecular flexibility index (Phi) is 12.9. The molecular formula is C34H38N4O10. The number of rotatable bonds is 15. The minimum absolute atomic E-state index is 0.0982. The highest BCUT2D eigenvalue weighted by Crippen LogP contribution is 2.18. The Morgan fingerprint density at radius 2 is 0.917 bits per heavy atom. The molecule has 2 atom stereocenters. The number of ether oxygens (including phenoxy) is 2. The second kappa shape index (κ2) is 17.5. The van der Waals surface area contributed by atoms with E-state index in [1.165, 1.54) is 0 Å². The zero-order valence-electron chi connectivity index (χ0n) is 26.4. The Balaban J connectivity index is 1.04. The van der Waals surface area contributed by atoms with Gasteiger partial charge in [0.2, 0.25) is 23.6 Å². The Labute approximate surface area is 277 Å². The van der Waals surface area contributed by atoms with Crippen molar-refractivity contribution >= 4 is 47.6 Å². The highest BCUT2D eigenvalue weighted by molar-refractivity contribution is 6.17. The highest BCUT2D eigenvalue weighted by Gasteiger charge is 2.45. The predicted octanol–water partition coefficient (Wildman–Crippen LogP) is 3.27. The molecule has 2 aliphatic heterocycles. The van der Waals surface area contributed by atoms with Crippen LogP contribution < -0.4 is 10.6 Å². The number of amides is 8. The van der Waals surface area contributed by atoms with E-state index in [2.05, 4.69) is 10.6 Å². The summed E-state index contributed by atoms with van der Waals surface area (Å²) in [6.45, 7) is -0.196. The number of benzene rings is 2. The fraction of sp³-hybridized carbons (Fsp3) is 0.412. The van der Waals surface area contributed by atoms with Crippen molar-refractivity contribution in [3.63, 3.8) is 0 Å². The van der Waals surface area contributed by atoms with Crippen LogP contribution in [-0.4, -0.2) is 69.5 Å². The van der Waals surface area contributed by atoms with Crippen molar-refractivity contribution in [1.29, 1.82) is 0 Å². The van der Waals surface area contributed by atoms with Crippen LogP contribution >= 0.6 is 0 Å². The van der Waals surface area contributed by atoms with E-state index in [1.54, 1.807) is 60.7 Å². The first-order valence-corrected chi connectivity index (χ1v) is 15.9. The topological polar surface area (TPSA) is 186 Å². The summed E-state index contributed by atoms with van der Waals surface area (Å²) >= 11 is 0. The molecule has 0 bridgehead atoms. The van der Waals surface area contributed by atoms with Crippen LogP contribution in [0.15, 0.2) is 60.7 Å². The van der Waals surface area contributed by atoms with Gasteiger partial charge >= 0.3 is 12.2 Å². The lowest BCUT2D eigenvalue weighted by Crippen LogP contribution is -2.43. The van der Waals surface area contributed by atoms with Gasteiger partial charge in [0, 0.05) is 12.8 Å². The molecule has 8 amide bonds. The molecule has 2 N–H and O–H groups in total. The molecule has 2 aliphatic rings. The third kappa shape index (κ3) is 10.0. The van der Waals surface area contributed by atoms with E-state index in [0.717, 1.165) is 25.7 Å². The Morgan fingerprint density at radius 1 is 0.562 bits per heavy atom. The zero-order chi connectivity index (χ0) is 34.5. The van der Waals surface area contributed by atoms with E-state index in [-0.39, 0.29) is 38.9 Å². The molecule has 14 nitrogen and oxygen atoms in total. The van der Waals surface area contributed by atoms with Gasteiger partial charge in [-0.1, -0.05) is 86.3 Å². The molecule has 0 aromatic heterocycles. The summed E-state index contributed by atoms with van der Waals surface area (Å²) in [5.41, 5.74) is 1.40. The highest BCUT2D eigenvalue weighted by atomic mass is 16.6. The van der Waals surface area contributed by atoms with Crippen LogP contribution in [0.1, 0.15) is 75.3 Å². The first kappa shape index (κ1) is 35.5. The standard InChI is InChI=1S/C34H38N4O10/c39-27(35-25-19-29(41)37(31(25)43)33(45)47-21-23-13-7-5-8-14-23)17-11-3-1-2-4-12-18-28(40)36-26-20-30(42)38(32(26)44)34(46)48-22-24-15-9-6-10-16-24/h5-10,13-16,25-26H,1-4,11-12,17-22H2,(H,35,39)(H,36,40)/t25-,26-/m0/s1. The molecule has 14 heteroatoms. The molecule has 0 unspecified atom stereocenters. The van der Waals surface area contributed by atoms with Crippen LogP contribution in [0.3, 0.4) is 0 Å². The van der Waals surface area contributed by atoms with Gasteiger partial charge in [0.1, 0.15) is 25.3 Å². The van der Waals surface area contributed by atoms with E-state index in [4.69, 9.17) is 9.47 Å². The molecule has 2 aromatic carbocycles. The van der Waals surface area contributed by atoms with E-state index in [9.17, 15) is 38.4 Å². The molecule has 48 heavy (non-hydrogen) atoms. The molecular weight excluding hydrogens is 624 g/mol. The molecule has 0 aliphatic carbocycles. The Morgan fingerprint density at radius 3 is 1.29 bits per heavy atom. The maximum atomic E-state index is 12.6. The number of carbonyl (C=O) groups excluding carboxylic acids is 8. The second-order valence-electron chi connectivity index (χ2n) is 11.5. The summed E-state index contributed by atoms with van der Waals surface area (Å²) in [5.74, 6) is -3.92. The van der Waals surface area contributed by atoms with Crippen molar-refractivity contribution < 1.29 is 47.8 Å². The molecule has 0 saturated carbocycles. The summed E-state index contributed by atoms with van der Waals surface area (Å²) < 4.78 is 10.2. The lowest BCUT2D eigenvalue weighted by Gasteiger charge is -2.14. The smallest absolute Gasteiger partial charge is 0.423 e. The van der Waals surface area contributed by atoms with Crippen molar-refractivity contribution in [2.45, 2.75) is 89.5 Å². The fourth-order valence-corrected chi connectivity index (χ4v) is 5.25. The van der Waals surface area contributed by atoms with E-state index >= 15 is 0 Å². The predicted molar refractivity (Wildman–Crippen MR) is 167 cm³/mol. The number of likely N-dealkylation sites (tertiary alicyclic amines) is 2. The van der Waals surface area contributed by atoms with Crippen LogP contribution in [-0.2, 0) is 51.5 Å². The summed E-state index contributed by atoms with van der Waals surface area (Å²) in [6.07, 6.45) is 1.65. The lowest BCUT2D eigenvalue weighted by molar-refractivity contribution is -0.139. The van der Waals surface area contributed by atoms with Gasteiger partial charge in [0.05, 0.1) is 12.8 Å². The van der Waals surface area contributed by atoms with Crippen molar-refractivity contribution in [2.75, 3.05) is 0 Å². The number of nitrogens with one attached hydrogen (secondary N) is 2. The molecule has 2 heterocycles. The van der Waals surface area contributed by atoms with Gasteiger partial charge in [0.25, 0.3) is 11.8 Å². The molecule has 0 radical (unpaired) electrons. The van der Waals surface area contributed by atoms with Crippen LogP contribution in [0.5, 0.6) is 0 Å². The SMILES string of the molecule is O=C(CCCCCCCCC(=O)N[C@H]1CC(=O)N(C(=O)OCc2ccccc2)C1=O)N[C@H]1CC(=O)N(C(=O)OCc2ccccc2)C1=O. The minimum Gasteiger partial charge on any atom is -0.444 e. The van der Waals surface area contributed by atoms with Gasteiger partial charge in [-0.3, -0.25) is 28.8 Å². The average Bonchev–Trinajstić information content (AvgIpc) is 3.52. The van der Waals surface area contributed by atoms with Crippen LogP contribution in [0.2, 0.25) is 0 Å². The van der Waals surface area contributed by atoms with Gasteiger partial charge in [-0.2, -0.15) is 9.80 Å².